The van der Waals surface area contributed by atoms with Crippen molar-refractivity contribution in [1.29, 1.82) is 0 Å². The number of benzene rings is 2. The van der Waals surface area contributed by atoms with Crippen LogP contribution in [0.5, 0.6) is 11.5 Å². The first-order valence-electron chi connectivity index (χ1n) is 8.26. The maximum atomic E-state index is 6.23. The van der Waals surface area contributed by atoms with Gasteiger partial charge in [-0.05, 0) is 39.8 Å². The SMILES string of the molecule is CCOc1cccc(CNC(C)(C)C)c1OCc1ccccc1Cl. The zero-order valence-electron chi connectivity index (χ0n) is 14.9. The summed E-state index contributed by atoms with van der Waals surface area (Å²) >= 11 is 6.23. The molecule has 2 aromatic carbocycles. The van der Waals surface area contributed by atoms with Crippen LogP contribution in [-0.2, 0) is 13.2 Å². The van der Waals surface area contributed by atoms with E-state index in [1.165, 1.54) is 0 Å². The van der Waals surface area contributed by atoms with Gasteiger partial charge in [0.1, 0.15) is 6.61 Å². The third kappa shape index (κ3) is 5.43. The molecule has 0 aliphatic rings. The van der Waals surface area contributed by atoms with E-state index in [9.17, 15) is 0 Å². The van der Waals surface area contributed by atoms with Crippen LogP contribution in [0, 0.1) is 0 Å². The van der Waals surface area contributed by atoms with E-state index in [4.69, 9.17) is 21.1 Å². The number of hydrogen-bond acceptors (Lipinski definition) is 3. The predicted octanol–water partition coefficient (Wildman–Crippen LogP) is 5.21. The Morgan fingerprint density at radius 2 is 1.67 bits per heavy atom. The first kappa shape index (κ1) is 18.6. The molecule has 0 aliphatic heterocycles. The van der Waals surface area contributed by atoms with Gasteiger partial charge < -0.3 is 14.8 Å². The minimum atomic E-state index is 0.0294. The minimum Gasteiger partial charge on any atom is -0.490 e. The highest BCUT2D eigenvalue weighted by Crippen LogP contribution is 2.33. The van der Waals surface area contributed by atoms with E-state index < -0.39 is 0 Å². The summed E-state index contributed by atoms with van der Waals surface area (Å²) in [5.74, 6) is 1.54. The van der Waals surface area contributed by atoms with Crippen molar-refractivity contribution in [2.24, 2.45) is 0 Å². The molecule has 2 aromatic rings. The molecule has 0 aromatic heterocycles. The normalized spacial score (nSPS) is 11.4. The van der Waals surface area contributed by atoms with Gasteiger partial charge in [-0.15, -0.1) is 0 Å². The van der Waals surface area contributed by atoms with Crippen molar-refractivity contribution in [3.63, 3.8) is 0 Å². The van der Waals surface area contributed by atoms with Crippen molar-refractivity contribution in [3.8, 4) is 11.5 Å². The Labute approximate surface area is 149 Å². The van der Waals surface area contributed by atoms with Crippen molar-refractivity contribution in [3.05, 3.63) is 58.6 Å². The van der Waals surface area contributed by atoms with E-state index in [-0.39, 0.29) is 5.54 Å². The van der Waals surface area contributed by atoms with Gasteiger partial charge in [0.15, 0.2) is 11.5 Å². The zero-order valence-corrected chi connectivity index (χ0v) is 15.6. The summed E-state index contributed by atoms with van der Waals surface area (Å²) in [6, 6.07) is 13.7. The number of nitrogens with one attached hydrogen (secondary N) is 1. The molecule has 130 valence electrons. The topological polar surface area (TPSA) is 30.5 Å². The van der Waals surface area contributed by atoms with E-state index >= 15 is 0 Å². The molecule has 4 heteroatoms. The number of rotatable bonds is 7. The van der Waals surface area contributed by atoms with E-state index in [2.05, 4.69) is 32.2 Å². The van der Waals surface area contributed by atoms with Crippen LogP contribution in [-0.4, -0.2) is 12.1 Å². The molecule has 2 rings (SSSR count). The molecule has 0 saturated carbocycles. The third-order valence-electron chi connectivity index (χ3n) is 3.50. The molecule has 24 heavy (non-hydrogen) atoms. The molecule has 0 aliphatic carbocycles. The largest absolute Gasteiger partial charge is 0.490 e. The first-order chi connectivity index (χ1) is 11.4. The number of ether oxygens (including phenoxy) is 2. The third-order valence-corrected chi connectivity index (χ3v) is 3.87. The molecule has 0 radical (unpaired) electrons. The highest BCUT2D eigenvalue weighted by molar-refractivity contribution is 6.31. The van der Waals surface area contributed by atoms with Crippen LogP contribution in [0.1, 0.15) is 38.8 Å². The second kappa shape index (κ2) is 8.41. The van der Waals surface area contributed by atoms with Gasteiger partial charge in [0.05, 0.1) is 6.61 Å². The fourth-order valence-corrected chi connectivity index (χ4v) is 2.45. The van der Waals surface area contributed by atoms with Crippen LogP contribution in [0.4, 0.5) is 0 Å². The fraction of sp³-hybridized carbons (Fsp3) is 0.400. The van der Waals surface area contributed by atoms with Gasteiger partial charge in [0.2, 0.25) is 0 Å². The molecule has 0 spiro atoms. The van der Waals surface area contributed by atoms with Gasteiger partial charge in [0, 0.05) is 28.2 Å². The Morgan fingerprint density at radius 1 is 0.958 bits per heavy atom. The summed E-state index contributed by atoms with van der Waals surface area (Å²) in [7, 11) is 0. The molecule has 1 N–H and O–H groups in total. The number of para-hydroxylation sites is 1. The summed E-state index contributed by atoms with van der Waals surface area (Å²) < 4.78 is 11.8. The molecule has 0 heterocycles. The lowest BCUT2D eigenvalue weighted by Gasteiger charge is -2.22. The second-order valence-corrected chi connectivity index (χ2v) is 7.07. The molecule has 0 unspecified atom stereocenters. The molecule has 3 nitrogen and oxygen atoms in total. The monoisotopic (exact) mass is 347 g/mol. The summed E-state index contributed by atoms with van der Waals surface area (Å²) in [5, 5.41) is 4.20. The Morgan fingerprint density at radius 3 is 2.33 bits per heavy atom. The Balaban J connectivity index is 2.22. The number of halogens is 1. The van der Waals surface area contributed by atoms with Gasteiger partial charge >= 0.3 is 0 Å². The maximum absolute atomic E-state index is 6.23. The maximum Gasteiger partial charge on any atom is 0.166 e. The predicted molar refractivity (Wildman–Crippen MR) is 100.0 cm³/mol. The fourth-order valence-electron chi connectivity index (χ4n) is 2.26. The summed E-state index contributed by atoms with van der Waals surface area (Å²) in [6.45, 7) is 10.1. The second-order valence-electron chi connectivity index (χ2n) is 6.66. The Hall–Kier alpha value is -1.71. The van der Waals surface area contributed by atoms with E-state index in [0.29, 0.717) is 24.8 Å². The van der Waals surface area contributed by atoms with Gasteiger partial charge in [0.25, 0.3) is 0 Å². The van der Waals surface area contributed by atoms with E-state index in [0.717, 1.165) is 22.6 Å². The standard InChI is InChI=1S/C20H26ClNO2/c1-5-23-18-12-8-10-15(13-22-20(2,3)4)19(18)24-14-16-9-6-7-11-17(16)21/h6-12,22H,5,13-14H2,1-4H3. The van der Waals surface area contributed by atoms with Crippen LogP contribution >= 0.6 is 11.6 Å². The Bertz CT molecular complexity index is 665. The van der Waals surface area contributed by atoms with Crippen LogP contribution in [0.15, 0.2) is 42.5 Å². The average molecular weight is 348 g/mol. The van der Waals surface area contributed by atoms with Crippen molar-refractivity contribution in [2.45, 2.75) is 46.4 Å². The molecule has 0 saturated heterocycles. The summed E-state index contributed by atoms with van der Waals surface area (Å²) in [4.78, 5) is 0. The smallest absolute Gasteiger partial charge is 0.166 e. The lowest BCUT2D eigenvalue weighted by atomic mass is 10.1. The van der Waals surface area contributed by atoms with Crippen LogP contribution in [0.3, 0.4) is 0 Å². The minimum absolute atomic E-state index is 0.0294. The van der Waals surface area contributed by atoms with E-state index in [1.54, 1.807) is 0 Å². The molecular weight excluding hydrogens is 322 g/mol. The molecule has 0 bridgehead atoms. The Kier molecular flexibility index (Phi) is 6.52. The number of hydrogen-bond donors (Lipinski definition) is 1. The van der Waals surface area contributed by atoms with Crippen LogP contribution in [0.25, 0.3) is 0 Å². The highest BCUT2D eigenvalue weighted by Gasteiger charge is 2.15. The lowest BCUT2D eigenvalue weighted by molar-refractivity contribution is 0.265. The molecular formula is C20H26ClNO2. The quantitative estimate of drug-likeness (QED) is 0.746. The average Bonchev–Trinajstić information content (AvgIpc) is 2.53. The summed E-state index contributed by atoms with van der Waals surface area (Å²) in [5.41, 5.74) is 2.06. The van der Waals surface area contributed by atoms with Gasteiger partial charge in [-0.2, -0.15) is 0 Å². The molecule has 0 amide bonds. The highest BCUT2D eigenvalue weighted by atomic mass is 35.5. The van der Waals surface area contributed by atoms with E-state index in [1.807, 2.05) is 43.3 Å². The molecule has 0 atom stereocenters. The summed E-state index contributed by atoms with van der Waals surface area (Å²) in [6.07, 6.45) is 0. The van der Waals surface area contributed by atoms with Gasteiger partial charge in [-0.3, -0.25) is 0 Å². The molecule has 0 fully saturated rings. The van der Waals surface area contributed by atoms with Gasteiger partial charge in [-0.25, -0.2) is 0 Å². The van der Waals surface area contributed by atoms with Crippen molar-refractivity contribution < 1.29 is 9.47 Å². The zero-order chi connectivity index (χ0) is 17.6. The van der Waals surface area contributed by atoms with Crippen LogP contribution < -0.4 is 14.8 Å². The van der Waals surface area contributed by atoms with Gasteiger partial charge in [-0.1, -0.05) is 41.9 Å². The van der Waals surface area contributed by atoms with Crippen molar-refractivity contribution >= 4 is 11.6 Å². The van der Waals surface area contributed by atoms with Crippen molar-refractivity contribution in [2.75, 3.05) is 6.61 Å². The first-order valence-corrected chi connectivity index (χ1v) is 8.64. The lowest BCUT2D eigenvalue weighted by Crippen LogP contribution is -2.35. The van der Waals surface area contributed by atoms with Crippen LogP contribution in [0.2, 0.25) is 5.02 Å². The van der Waals surface area contributed by atoms with Crippen molar-refractivity contribution in [1.82, 2.24) is 5.32 Å².